The maximum absolute atomic E-state index is 12.7. The van der Waals surface area contributed by atoms with Gasteiger partial charge in [-0.3, -0.25) is 0 Å². The van der Waals surface area contributed by atoms with Gasteiger partial charge in [-0.25, -0.2) is 8.42 Å². The summed E-state index contributed by atoms with van der Waals surface area (Å²) in [6.07, 6.45) is 0. The van der Waals surface area contributed by atoms with Crippen LogP contribution in [0.5, 0.6) is 0 Å². The molecule has 1 N–H and O–H groups in total. The summed E-state index contributed by atoms with van der Waals surface area (Å²) in [5.74, 6) is 0. The summed E-state index contributed by atoms with van der Waals surface area (Å²) in [5.41, 5.74) is 2.58. The van der Waals surface area contributed by atoms with Crippen molar-refractivity contribution in [2.45, 2.75) is 18.4 Å². The molecule has 1 aliphatic heterocycles. The molecule has 6 heteroatoms. The monoisotopic (exact) mass is 409 g/mol. The van der Waals surface area contributed by atoms with Crippen molar-refractivity contribution in [3.8, 4) is 0 Å². The molecule has 2 aromatic rings. The third kappa shape index (κ3) is 4.06. The van der Waals surface area contributed by atoms with Crippen LogP contribution in [0.25, 0.3) is 0 Å². The van der Waals surface area contributed by atoms with Gasteiger partial charge in [0.05, 0.1) is 31.1 Å². The lowest BCUT2D eigenvalue weighted by atomic mass is 10.1. The minimum atomic E-state index is -3.40. The normalized spacial score (nSPS) is 17.1. The molecule has 1 fully saturated rings. The number of piperazine rings is 1. The Bertz CT molecular complexity index is 815. The molecule has 3 rings (SSSR count). The first-order valence-corrected chi connectivity index (χ1v) is 10.3. The Morgan fingerprint density at radius 1 is 1.08 bits per heavy atom. The number of hydrogen-bond acceptors (Lipinski definition) is 2. The molecule has 0 amide bonds. The molecule has 0 unspecified atom stereocenters. The van der Waals surface area contributed by atoms with Crippen LogP contribution >= 0.6 is 15.9 Å². The molecule has 0 radical (unpaired) electrons. The molecule has 0 spiro atoms. The lowest BCUT2D eigenvalue weighted by molar-refractivity contribution is -0.917. The number of halogens is 1. The molecular formula is C18H22BrN2O2S+. The average molecular weight is 410 g/mol. The van der Waals surface area contributed by atoms with Crippen LogP contribution < -0.4 is 4.90 Å². The van der Waals surface area contributed by atoms with Crippen molar-refractivity contribution in [2.24, 2.45) is 0 Å². The summed E-state index contributed by atoms with van der Waals surface area (Å²) in [7, 11) is -3.40. The smallest absolute Gasteiger partial charge is 0.243 e. The van der Waals surface area contributed by atoms with E-state index in [1.807, 2.05) is 6.07 Å². The van der Waals surface area contributed by atoms with Crippen LogP contribution in [0, 0.1) is 6.92 Å². The molecule has 0 aromatic heterocycles. The van der Waals surface area contributed by atoms with Crippen LogP contribution in [0.1, 0.15) is 11.1 Å². The molecule has 128 valence electrons. The minimum absolute atomic E-state index is 0.360. The fourth-order valence-electron chi connectivity index (χ4n) is 3.11. The van der Waals surface area contributed by atoms with E-state index in [4.69, 9.17) is 0 Å². The van der Waals surface area contributed by atoms with Gasteiger partial charge in [-0.15, -0.1) is 0 Å². The SMILES string of the molecule is Cc1cccc(C[NH+]2CCN(S(=O)(=O)c3cccc(Br)c3)CC2)c1. The summed E-state index contributed by atoms with van der Waals surface area (Å²) < 4.78 is 27.9. The molecule has 1 aliphatic rings. The standard InChI is InChI=1S/C18H21BrN2O2S/c1-15-4-2-5-16(12-15)14-20-8-10-21(11-9-20)24(22,23)18-7-3-6-17(19)13-18/h2-7,12-13H,8-11,14H2,1H3/p+1. The summed E-state index contributed by atoms with van der Waals surface area (Å²) >= 11 is 3.34. The fraction of sp³-hybridized carbons (Fsp3) is 0.333. The Morgan fingerprint density at radius 3 is 2.46 bits per heavy atom. The van der Waals surface area contributed by atoms with Gasteiger partial charge in [-0.2, -0.15) is 4.31 Å². The molecule has 0 bridgehead atoms. The largest absolute Gasteiger partial charge is 0.329 e. The van der Waals surface area contributed by atoms with E-state index in [9.17, 15) is 8.42 Å². The van der Waals surface area contributed by atoms with Crippen molar-refractivity contribution in [1.29, 1.82) is 0 Å². The van der Waals surface area contributed by atoms with Gasteiger partial charge in [0.15, 0.2) is 0 Å². The van der Waals surface area contributed by atoms with Crippen LogP contribution in [0.2, 0.25) is 0 Å². The van der Waals surface area contributed by atoms with Crippen molar-refractivity contribution in [3.05, 3.63) is 64.1 Å². The first kappa shape index (κ1) is 17.6. The van der Waals surface area contributed by atoms with Gasteiger partial charge in [0.2, 0.25) is 10.0 Å². The Hall–Kier alpha value is -1.21. The number of sulfonamides is 1. The topological polar surface area (TPSA) is 41.8 Å². The summed E-state index contributed by atoms with van der Waals surface area (Å²) in [6.45, 7) is 5.85. The van der Waals surface area contributed by atoms with Gasteiger partial charge < -0.3 is 4.90 Å². The second-order valence-electron chi connectivity index (χ2n) is 6.28. The highest BCUT2D eigenvalue weighted by molar-refractivity contribution is 9.10. The minimum Gasteiger partial charge on any atom is -0.329 e. The zero-order valence-corrected chi connectivity index (χ0v) is 16.1. The summed E-state index contributed by atoms with van der Waals surface area (Å²) in [5, 5.41) is 0. The van der Waals surface area contributed by atoms with Gasteiger partial charge in [0.1, 0.15) is 6.54 Å². The summed E-state index contributed by atoms with van der Waals surface area (Å²) in [6, 6.07) is 15.5. The van der Waals surface area contributed by atoms with Crippen LogP contribution in [-0.2, 0) is 16.6 Å². The molecule has 0 saturated carbocycles. The molecule has 4 nitrogen and oxygen atoms in total. The fourth-order valence-corrected chi connectivity index (χ4v) is 5.15. The van der Waals surface area contributed by atoms with Gasteiger partial charge >= 0.3 is 0 Å². The molecule has 1 heterocycles. The highest BCUT2D eigenvalue weighted by Gasteiger charge is 2.30. The predicted octanol–water partition coefficient (Wildman–Crippen LogP) is 1.85. The third-order valence-corrected chi connectivity index (χ3v) is 6.79. The van der Waals surface area contributed by atoms with Gasteiger partial charge in [-0.05, 0) is 25.1 Å². The number of nitrogens with one attached hydrogen (secondary N) is 1. The van der Waals surface area contributed by atoms with Gasteiger partial charge in [0, 0.05) is 10.0 Å². The number of hydrogen-bond donors (Lipinski definition) is 1. The van der Waals surface area contributed by atoms with E-state index in [0.717, 1.165) is 24.1 Å². The van der Waals surface area contributed by atoms with E-state index < -0.39 is 10.0 Å². The number of nitrogens with zero attached hydrogens (tertiary/aromatic N) is 1. The predicted molar refractivity (Wildman–Crippen MR) is 98.5 cm³/mol. The van der Waals surface area contributed by atoms with Crippen LogP contribution in [0.3, 0.4) is 0 Å². The molecule has 0 aliphatic carbocycles. The van der Waals surface area contributed by atoms with E-state index in [1.165, 1.54) is 16.0 Å². The number of aryl methyl sites for hydroxylation is 1. The van der Waals surface area contributed by atoms with Crippen molar-refractivity contribution in [2.75, 3.05) is 26.2 Å². The van der Waals surface area contributed by atoms with E-state index >= 15 is 0 Å². The molecule has 2 aromatic carbocycles. The van der Waals surface area contributed by atoms with E-state index in [2.05, 4.69) is 47.1 Å². The Labute approximate surface area is 152 Å². The van der Waals surface area contributed by atoms with Crippen molar-refractivity contribution < 1.29 is 13.3 Å². The maximum atomic E-state index is 12.7. The average Bonchev–Trinajstić information content (AvgIpc) is 2.55. The van der Waals surface area contributed by atoms with Crippen LogP contribution in [0.15, 0.2) is 57.9 Å². The first-order chi connectivity index (χ1) is 11.4. The number of benzene rings is 2. The van der Waals surface area contributed by atoms with Gasteiger partial charge in [0.25, 0.3) is 0 Å². The van der Waals surface area contributed by atoms with Crippen molar-refractivity contribution >= 4 is 26.0 Å². The van der Waals surface area contributed by atoms with Crippen molar-refractivity contribution in [3.63, 3.8) is 0 Å². The van der Waals surface area contributed by atoms with E-state index in [1.54, 1.807) is 22.5 Å². The second-order valence-corrected chi connectivity index (χ2v) is 9.13. The van der Waals surface area contributed by atoms with Crippen molar-refractivity contribution in [1.82, 2.24) is 4.31 Å². The third-order valence-electron chi connectivity index (χ3n) is 4.40. The molecule has 1 saturated heterocycles. The Morgan fingerprint density at radius 2 is 1.79 bits per heavy atom. The molecule has 24 heavy (non-hydrogen) atoms. The Kier molecular flexibility index (Phi) is 5.39. The second kappa shape index (κ2) is 7.35. The van der Waals surface area contributed by atoms with Crippen LogP contribution in [0.4, 0.5) is 0 Å². The van der Waals surface area contributed by atoms with E-state index in [-0.39, 0.29) is 0 Å². The quantitative estimate of drug-likeness (QED) is 0.836. The molecular weight excluding hydrogens is 388 g/mol. The number of quaternary nitrogens is 1. The zero-order valence-electron chi connectivity index (χ0n) is 13.7. The highest BCUT2D eigenvalue weighted by atomic mass is 79.9. The Balaban J connectivity index is 1.64. The maximum Gasteiger partial charge on any atom is 0.243 e. The highest BCUT2D eigenvalue weighted by Crippen LogP contribution is 2.20. The van der Waals surface area contributed by atoms with Gasteiger partial charge in [-0.1, -0.05) is 51.8 Å². The zero-order chi connectivity index (χ0) is 17.2. The lowest BCUT2D eigenvalue weighted by Crippen LogP contribution is -3.13. The summed E-state index contributed by atoms with van der Waals surface area (Å²) in [4.78, 5) is 1.79. The van der Waals surface area contributed by atoms with E-state index in [0.29, 0.717) is 18.0 Å². The van der Waals surface area contributed by atoms with Crippen LogP contribution in [-0.4, -0.2) is 38.9 Å². The molecule has 0 atom stereocenters. The first-order valence-electron chi connectivity index (χ1n) is 8.10. The number of rotatable bonds is 4. The lowest BCUT2D eigenvalue weighted by Gasteiger charge is -2.31.